The zero-order valence-electron chi connectivity index (χ0n) is 13.9. The Morgan fingerprint density at radius 1 is 1.11 bits per heavy atom. The van der Waals surface area contributed by atoms with Crippen LogP contribution in [0.15, 0.2) is 48.5 Å². The molecule has 2 aromatic carbocycles. The van der Waals surface area contributed by atoms with Crippen LogP contribution in [0.2, 0.25) is 10.0 Å². The molecule has 0 aliphatic carbocycles. The van der Waals surface area contributed by atoms with Gasteiger partial charge in [-0.25, -0.2) is 14.5 Å². The molecule has 0 radical (unpaired) electrons. The van der Waals surface area contributed by atoms with Crippen LogP contribution in [0, 0.1) is 0 Å². The van der Waals surface area contributed by atoms with Gasteiger partial charge in [0.2, 0.25) is 0 Å². The summed E-state index contributed by atoms with van der Waals surface area (Å²) in [7, 11) is 0. The van der Waals surface area contributed by atoms with E-state index >= 15 is 0 Å². The van der Waals surface area contributed by atoms with Gasteiger partial charge in [0.15, 0.2) is 6.61 Å². The van der Waals surface area contributed by atoms with E-state index in [0.29, 0.717) is 15.7 Å². The van der Waals surface area contributed by atoms with Crippen molar-refractivity contribution in [3.05, 3.63) is 64.1 Å². The molecule has 0 spiro atoms. The molecule has 1 aliphatic rings. The SMILES string of the molecule is O=C(Nc1ccc(Cl)c(Cl)c1)NC(CN1C(=O)COC1=O)c1ccccc1. The van der Waals surface area contributed by atoms with Crippen molar-refractivity contribution in [1.29, 1.82) is 0 Å². The Labute approximate surface area is 165 Å². The molecule has 1 saturated heterocycles. The molecule has 0 saturated carbocycles. The molecule has 0 aromatic heterocycles. The summed E-state index contributed by atoms with van der Waals surface area (Å²) in [5, 5.41) is 6.08. The van der Waals surface area contributed by atoms with E-state index in [1.807, 2.05) is 6.07 Å². The van der Waals surface area contributed by atoms with Crippen molar-refractivity contribution >= 4 is 46.9 Å². The monoisotopic (exact) mass is 407 g/mol. The number of anilines is 1. The molecular weight excluding hydrogens is 393 g/mol. The van der Waals surface area contributed by atoms with Crippen LogP contribution in [0.4, 0.5) is 15.3 Å². The predicted octanol–water partition coefficient (Wildman–Crippen LogP) is 3.84. The highest BCUT2D eigenvalue weighted by Gasteiger charge is 2.33. The van der Waals surface area contributed by atoms with Crippen molar-refractivity contribution in [2.75, 3.05) is 18.5 Å². The highest BCUT2D eigenvalue weighted by atomic mass is 35.5. The van der Waals surface area contributed by atoms with Crippen LogP contribution in [-0.2, 0) is 9.53 Å². The highest BCUT2D eigenvalue weighted by Crippen LogP contribution is 2.25. The number of carbonyl (C=O) groups excluding carboxylic acids is 3. The highest BCUT2D eigenvalue weighted by molar-refractivity contribution is 6.42. The first-order valence-electron chi connectivity index (χ1n) is 7.98. The van der Waals surface area contributed by atoms with Gasteiger partial charge in [-0.05, 0) is 23.8 Å². The zero-order valence-corrected chi connectivity index (χ0v) is 15.5. The lowest BCUT2D eigenvalue weighted by molar-refractivity contribution is -0.126. The van der Waals surface area contributed by atoms with Crippen molar-refractivity contribution < 1.29 is 19.1 Å². The number of imide groups is 1. The fourth-order valence-electron chi connectivity index (χ4n) is 2.56. The van der Waals surface area contributed by atoms with Crippen LogP contribution in [0.3, 0.4) is 0 Å². The van der Waals surface area contributed by atoms with Crippen molar-refractivity contribution in [2.45, 2.75) is 6.04 Å². The maximum atomic E-state index is 12.4. The van der Waals surface area contributed by atoms with Crippen LogP contribution in [0.25, 0.3) is 0 Å². The van der Waals surface area contributed by atoms with Gasteiger partial charge in [0.25, 0.3) is 5.91 Å². The van der Waals surface area contributed by atoms with Crippen LogP contribution in [0.5, 0.6) is 0 Å². The molecule has 140 valence electrons. The first kappa shape index (κ1) is 19.0. The van der Waals surface area contributed by atoms with Crippen LogP contribution >= 0.6 is 23.2 Å². The molecule has 1 unspecified atom stereocenters. The fraction of sp³-hybridized carbons (Fsp3) is 0.167. The van der Waals surface area contributed by atoms with Gasteiger partial charge in [-0.15, -0.1) is 0 Å². The third kappa shape index (κ3) is 4.69. The number of benzene rings is 2. The Balaban J connectivity index is 1.74. The summed E-state index contributed by atoms with van der Waals surface area (Å²) in [6, 6.07) is 12.5. The Bertz CT molecular complexity index is 860. The van der Waals surface area contributed by atoms with Gasteiger partial charge in [-0.3, -0.25) is 4.79 Å². The average molecular weight is 408 g/mol. The summed E-state index contributed by atoms with van der Waals surface area (Å²) in [6.07, 6.45) is -0.729. The molecule has 2 N–H and O–H groups in total. The molecule has 0 bridgehead atoms. The second-order valence-electron chi connectivity index (χ2n) is 5.75. The van der Waals surface area contributed by atoms with Gasteiger partial charge in [-0.2, -0.15) is 0 Å². The minimum atomic E-state index is -0.729. The number of cyclic esters (lactones) is 1. The number of carbonyl (C=O) groups is 3. The first-order valence-corrected chi connectivity index (χ1v) is 8.74. The number of amides is 4. The fourth-order valence-corrected chi connectivity index (χ4v) is 2.86. The quantitative estimate of drug-likeness (QED) is 0.787. The van der Waals surface area contributed by atoms with E-state index in [1.54, 1.807) is 36.4 Å². The standard InChI is InChI=1S/C18H15Cl2N3O4/c19-13-7-6-12(8-14(13)20)21-17(25)22-15(11-4-2-1-3-5-11)9-23-16(24)10-27-18(23)26/h1-8,15H,9-10H2,(H2,21,22,25). The Kier molecular flexibility index (Phi) is 5.83. The average Bonchev–Trinajstić information content (AvgIpc) is 2.97. The lowest BCUT2D eigenvalue weighted by atomic mass is 10.1. The Morgan fingerprint density at radius 3 is 2.48 bits per heavy atom. The number of hydrogen-bond acceptors (Lipinski definition) is 4. The van der Waals surface area contributed by atoms with Gasteiger partial charge in [-0.1, -0.05) is 53.5 Å². The lowest BCUT2D eigenvalue weighted by Crippen LogP contribution is -2.41. The predicted molar refractivity (Wildman–Crippen MR) is 101 cm³/mol. The number of nitrogens with zero attached hydrogens (tertiary/aromatic N) is 1. The topological polar surface area (TPSA) is 87.7 Å². The summed E-state index contributed by atoms with van der Waals surface area (Å²) >= 11 is 11.8. The minimum Gasteiger partial charge on any atom is -0.439 e. The number of halogens is 2. The number of urea groups is 1. The maximum Gasteiger partial charge on any atom is 0.417 e. The normalized spacial score (nSPS) is 14.7. The van der Waals surface area contributed by atoms with E-state index in [1.165, 1.54) is 6.07 Å². The summed E-state index contributed by atoms with van der Waals surface area (Å²) in [5.41, 5.74) is 1.18. The van der Waals surface area contributed by atoms with Gasteiger partial charge in [0.1, 0.15) is 0 Å². The number of hydrogen-bond donors (Lipinski definition) is 2. The van der Waals surface area contributed by atoms with Gasteiger partial charge >= 0.3 is 12.1 Å². The second-order valence-corrected chi connectivity index (χ2v) is 6.56. The van der Waals surface area contributed by atoms with Crippen molar-refractivity contribution in [3.8, 4) is 0 Å². The maximum absolute atomic E-state index is 12.4. The molecule has 2 aromatic rings. The summed E-state index contributed by atoms with van der Waals surface area (Å²) in [5.74, 6) is -0.451. The molecule has 4 amide bonds. The number of nitrogens with one attached hydrogen (secondary N) is 2. The largest absolute Gasteiger partial charge is 0.439 e. The van der Waals surface area contributed by atoms with E-state index in [-0.39, 0.29) is 13.2 Å². The third-order valence-corrected chi connectivity index (χ3v) is 4.63. The van der Waals surface area contributed by atoms with E-state index in [4.69, 9.17) is 27.9 Å². The summed E-state index contributed by atoms with van der Waals surface area (Å²) < 4.78 is 4.72. The van der Waals surface area contributed by atoms with Gasteiger partial charge < -0.3 is 15.4 Å². The number of rotatable bonds is 5. The molecule has 9 heteroatoms. The molecular formula is C18H15Cl2N3O4. The zero-order chi connectivity index (χ0) is 19.4. The van der Waals surface area contributed by atoms with Crippen LogP contribution < -0.4 is 10.6 Å². The van der Waals surface area contributed by atoms with Crippen LogP contribution in [0.1, 0.15) is 11.6 Å². The van der Waals surface area contributed by atoms with Gasteiger partial charge in [0.05, 0.1) is 22.6 Å². The van der Waals surface area contributed by atoms with E-state index in [0.717, 1.165) is 10.5 Å². The summed E-state index contributed by atoms with van der Waals surface area (Å²) in [6.45, 7) is -0.341. The summed E-state index contributed by atoms with van der Waals surface area (Å²) in [4.78, 5) is 36.9. The molecule has 1 atom stereocenters. The smallest absolute Gasteiger partial charge is 0.417 e. The van der Waals surface area contributed by atoms with E-state index in [2.05, 4.69) is 10.6 Å². The minimum absolute atomic E-state index is 0.0452. The molecule has 1 fully saturated rings. The second kappa shape index (κ2) is 8.28. The third-order valence-electron chi connectivity index (χ3n) is 3.89. The molecule has 1 heterocycles. The van der Waals surface area contributed by atoms with Gasteiger partial charge in [0, 0.05) is 5.69 Å². The van der Waals surface area contributed by atoms with Crippen LogP contribution in [-0.4, -0.2) is 36.1 Å². The molecule has 3 rings (SSSR count). The molecule has 27 heavy (non-hydrogen) atoms. The molecule has 7 nitrogen and oxygen atoms in total. The van der Waals surface area contributed by atoms with E-state index in [9.17, 15) is 14.4 Å². The van der Waals surface area contributed by atoms with Crippen molar-refractivity contribution in [1.82, 2.24) is 10.2 Å². The molecule has 1 aliphatic heterocycles. The van der Waals surface area contributed by atoms with Crippen molar-refractivity contribution in [2.24, 2.45) is 0 Å². The lowest BCUT2D eigenvalue weighted by Gasteiger charge is -2.23. The Morgan fingerprint density at radius 2 is 1.85 bits per heavy atom. The first-order chi connectivity index (χ1) is 12.9. The Hall–Kier alpha value is -2.77. The number of ether oxygens (including phenoxy) is 1. The van der Waals surface area contributed by atoms with Crippen molar-refractivity contribution in [3.63, 3.8) is 0 Å². The van der Waals surface area contributed by atoms with E-state index < -0.39 is 24.1 Å².